The molecule has 1 saturated carbocycles. The Morgan fingerprint density at radius 1 is 0.941 bits per heavy atom. The van der Waals surface area contributed by atoms with Crippen LogP contribution < -0.4 is 5.32 Å². The summed E-state index contributed by atoms with van der Waals surface area (Å²) in [6.07, 6.45) is 11.6. The molecule has 0 radical (unpaired) electrons. The summed E-state index contributed by atoms with van der Waals surface area (Å²) in [4.78, 5) is 2.82. The van der Waals surface area contributed by atoms with Crippen molar-refractivity contribution in [2.75, 3.05) is 13.1 Å². The Bertz CT molecular complexity index is 245. The molecule has 3 fully saturated rings. The number of hydrogen-bond acceptors (Lipinski definition) is 2. The van der Waals surface area contributed by atoms with Gasteiger partial charge in [-0.15, -0.1) is 0 Å². The fraction of sp³-hybridized carbons (Fsp3) is 1.00. The van der Waals surface area contributed by atoms with Crippen molar-refractivity contribution < 1.29 is 0 Å². The third-order valence-corrected chi connectivity index (χ3v) is 5.46. The molecule has 3 aliphatic rings. The van der Waals surface area contributed by atoms with Crippen LogP contribution in [-0.4, -0.2) is 36.1 Å². The van der Waals surface area contributed by atoms with E-state index < -0.39 is 0 Å². The Morgan fingerprint density at radius 3 is 2.47 bits per heavy atom. The molecule has 2 saturated heterocycles. The predicted molar refractivity (Wildman–Crippen MR) is 72.2 cm³/mol. The van der Waals surface area contributed by atoms with Gasteiger partial charge in [-0.1, -0.05) is 13.3 Å². The van der Waals surface area contributed by atoms with Crippen molar-refractivity contribution in [3.05, 3.63) is 0 Å². The second-order valence-electron chi connectivity index (χ2n) is 6.50. The summed E-state index contributed by atoms with van der Waals surface area (Å²) in [6.45, 7) is 5.05. The van der Waals surface area contributed by atoms with Crippen LogP contribution in [0.15, 0.2) is 0 Å². The average molecular weight is 236 g/mol. The van der Waals surface area contributed by atoms with E-state index in [-0.39, 0.29) is 0 Å². The monoisotopic (exact) mass is 236 g/mol. The molecule has 2 aliphatic heterocycles. The topological polar surface area (TPSA) is 15.3 Å². The Hall–Kier alpha value is -0.0800. The lowest BCUT2D eigenvalue weighted by molar-refractivity contribution is 0.129. The highest BCUT2D eigenvalue weighted by atomic mass is 15.2. The van der Waals surface area contributed by atoms with Crippen LogP contribution in [0.3, 0.4) is 0 Å². The maximum Gasteiger partial charge on any atom is 0.0198 e. The minimum Gasteiger partial charge on any atom is -0.310 e. The molecule has 0 spiro atoms. The van der Waals surface area contributed by atoms with Crippen molar-refractivity contribution in [3.8, 4) is 0 Å². The van der Waals surface area contributed by atoms with Crippen molar-refractivity contribution >= 4 is 0 Å². The summed E-state index contributed by atoms with van der Waals surface area (Å²) in [5, 5.41) is 3.80. The van der Waals surface area contributed by atoms with Crippen molar-refractivity contribution in [3.63, 3.8) is 0 Å². The Morgan fingerprint density at radius 2 is 1.71 bits per heavy atom. The molecule has 17 heavy (non-hydrogen) atoms. The SMILES string of the molecule is CCC1CCC(N2CCC3CCC(C2)N3)CC1. The van der Waals surface area contributed by atoms with E-state index in [1.165, 1.54) is 64.5 Å². The van der Waals surface area contributed by atoms with Gasteiger partial charge >= 0.3 is 0 Å². The summed E-state index contributed by atoms with van der Waals surface area (Å²) in [6, 6.07) is 2.57. The first kappa shape index (κ1) is 12.0. The number of fused-ring (bicyclic) bond motifs is 2. The Balaban J connectivity index is 1.54. The molecule has 0 amide bonds. The van der Waals surface area contributed by atoms with E-state index in [1.54, 1.807) is 0 Å². The second-order valence-corrected chi connectivity index (χ2v) is 6.50. The van der Waals surface area contributed by atoms with Gasteiger partial charge in [0.05, 0.1) is 0 Å². The summed E-state index contributed by atoms with van der Waals surface area (Å²) in [7, 11) is 0. The Kier molecular flexibility index (Phi) is 3.72. The molecule has 1 aliphatic carbocycles. The van der Waals surface area contributed by atoms with Gasteiger partial charge in [0.2, 0.25) is 0 Å². The van der Waals surface area contributed by atoms with Crippen molar-refractivity contribution in [2.45, 2.75) is 76.4 Å². The van der Waals surface area contributed by atoms with Crippen LogP contribution >= 0.6 is 0 Å². The minimum atomic E-state index is 0.811. The zero-order valence-corrected chi connectivity index (χ0v) is 11.3. The van der Waals surface area contributed by atoms with Crippen molar-refractivity contribution in [2.24, 2.45) is 5.92 Å². The van der Waals surface area contributed by atoms with E-state index >= 15 is 0 Å². The van der Waals surface area contributed by atoms with Gasteiger partial charge in [-0.2, -0.15) is 0 Å². The highest BCUT2D eigenvalue weighted by Gasteiger charge is 2.33. The molecule has 1 N–H and O–H groups in total. The largest absolute Gasteiger partial charge is 0.310 e. The smallest absolute Gasteiger partial charge is 0.0198 e. The highest BCUT2D eigenvalue weighted by Crippen LogP contribution is 2.31. The van der Waals surface area contributed by atoms with Gasteiger partial charge in [-0.05, 0) is 57.4 Å². The molecule has 2 heterocycles. The molecule has 0 aromatic carbocycles. The summed E-state index contributed by atoms with van der Waals surface area (Å²) in [5.74, 6) is 1.04. The van der Waals surface area contributed by atoms with E-state index in [0.29, 0.717) is 0 Å². The van der Waals surface area contributed by atoms with Crippen LogP contribution in [0.4, 0.5) is 0 Å². The fourth-order valence-electron chi connectivity index (χ4n) is 4.22. The first-order chi connectivity index (χ1) is 8.35. The molecule has 98 valence electrons. The van der Waals surface area contributed by atoms with Crippen LogP contribution in [-0.2, 0) is 0 Å². The van der Waals surface area contributed by atoms with Crippen molar-refractivity contribution in [1.82, 2.24) is 10.2 Å². The van der Waals surface area contributed by atoms with Crippen LogP contribution in [0.25, 0.3) is 0 Å². The normalized spacial score (nSPS) is 43.6. The van der Waals surface area contributed by atoms with Crippen LogP contribution in [0, 0.1) is 5.92 Å². The van der Waals surface area contributed by atoms with Gasteiger partial charge < -0.3 is 5.32 Å². The number of nitrogens with zero attached hydrogens (tertiary/aromatic N) is 1. The van der Waals surface area contributed by atoms with Gasteiger partial charge in [-0.3, -0.25) is 4.90 Å². The Labute approximate surface area is 106 Å². The van der Waals surface area contributed by atoms with Gasteiger partial charge in [0.15, 0.2) is 0 Å². The standard InChI is InChI=1S/C15H28N2/c1-2-12-3-7-15(8-4-12)17-10-9-13-5-6-14(11-17)16-13/h12-16H,2-11H2,1H3. The zero-order valence-electron chi connectivity index (χ0n) is 11.3. The molecule has 2 unspecified atom stereocenters. The van der Waals surface area contributed by atoms with E-state index in [0.717, 1.165) is 24.0 Å². The van der Waals surface area contributed by atoms with Gasteiger partial charge in [0, 0.05) is 24.7 Å². The van der Waals surface area contributed by atoms with Crippen LogP contribution in [0.1, 0.15) is 58.3 Å². The molecule has 0 aromatic rings. The quantitative estimate of drug-likeness (QED) is 0.793. The number of nitrogens with one attached hydrogen (secondary N) is 1. The molecule has 3 rings (SSSR count). The highest BCUT2D eigenvalue weighted by molar-refractivity contribution is 4.92. The molecule has 2 bridgehead atoms. The maximum atomic E-state index is 3.80. The van der Waals surface area contributed by atoms with Crippen molar-refractivity contribution in [1.29, 1.82) is 0 Å². The number of rotatable bonds is 2. The van der Waals surface area contributed by atoms with Crippen LogP contribution in [0.5, 0.6) is 0 Å². The third kappa shape index (κ3) is 2.68. The fourth-order valence-corrected chi connectivity index (χ4v) is 4.22. The van der Waals surface area contributed by atoms with E-state index in [1.807, 2.05) is 0 Å². The second kappa shape index (κ2) is 5.27. The molecule has 2 atom stereocenters. The molecule has 2 nitrogen and oxygen atoms in total. The summed E-state index contributed by atoms with van der Waals surface area (Å²) >= 11 is 0. The van der Waals surface area contributed by atoms with E-state index in [2.05, 4.69) is 17.1 Å². The molecule has 2 heteroatoms. The maximum absolute atomic E-state index is 3.80. The van der Waals surface area contributed by atoms with Gasteiger partial charge in [-0.25, -0.2) is 0 Å². The predicted octanol–water partition coefficient (Wildman–Crippen LogP) is 2.78. The minimum absolute atomic E-state index is 0.811. The lowest BCUT2D eigenvalue weighted by Gasteiger charge is -2.37. The zero-order chi connectivity index (χ0) is 11.7. The number of likely N-dealkylation sites (tertiary alicyclic amines) is 1. The molecular weight excluding hydrogens is 208 g/mol. The molecule has 0 aromatic heterocycles. The van der Waals surface area contributed by atoms with Gasteiger partial charge in [0.25, 0.3) is 0 Å². The van der Waals surface area contributed by atoms with Crippen LogP contribution in [0.2, 0.25) is 0 Å². The number of hydrogen-bond donors (Lipinski definition) is 1. The van der Waals surface area contributed by atoms with Gasteiger partial charge in [0.1, 0.15) is 0 Å². The third-order valence-electron chi connectivity index (χ3n) is 5.46. The lowest BCUT2D eigenvalue weighted by Crippen LogP contribution is -2.43. The first-order valence-corrected chi connectivity index (χ1v) is 7.85. The van der Waals surface area contributed by atoms with E-state index in [9.17, 15) is 0 Å². The summed E-state index contributed by atoms with van der Waals surface area (Å²) < 4.78 is 0. The molecular formula is C15H28N2. The summed E-state index contributed by atoms with van der Waals surface area (Å²) in [5.41, 5.74) is 0. The first-order valence-electron chi connectivity index (χ1n) is 7.85. The van der Waals surface area contributed by atoms with E-state index in [4.69, 9.17) is 0 Å². The average Bonchev–Trinajstić information content (AvgIpc) is 2.69. The lowest BCUT2D eigenvalue weighted by atomic mass is 9.83.